The molecule has 1 N–H and O–H groups in total. The Morgan fingerprint density at radius 2 is 1.88 bits per heavy atom. The highest BCUT2D eigenvalue weighted by Crippen LogP contribution is 2.23. The molecule has 1 atom stereocenters. The van der Waals surface area contributed by atoms with E-state index in [9.17, 15) is 5.11 Å². The second-order valence-electron chi connectivity index (χ2n) is 6.15. The number of nitrogens with zero attached hydrogens (tertiary/aromatic N) is 4. The van der Waals surface area contributed by atoms with Crippen molar-refractivity contribution >= 4 is 17.5 Å². The molecule has 1 aromatic carbocycles. The number of hydrogen-bond donors (Lipinski definition) is 1. The van der Waals surface area contributed by atoms with Gasteiger partial charge in [0.25, 0.3) is 5.78 Å². The van der Waals surface area contributed by atoms with Gasteiger partial charge in [0.1, 0.15) is 12.4 Å². The summed E-state index contributed by atoms with van der Waals surface area (Å²) in [5.41, 5.74) is 4.08. The van der Waals surface area contributed by atoms with E-state index in [0.717, 1.165) is 33.4 Å². The summed E-state index contributed by atoms with van der Waals surface area (Å²) in [6.07, 6.45) is -0.602. The molecule has 0 fully saturated rings. The Morgan fingerprint density at radius 3 is 2.60 bits per heavy atom. The lowest BCUT2D eigenvalue weighted by Gasteiger charge is -2.15. The fourth-order valence-electron chi connectivity index (χ4n) is 2.72. The van der Waals surface area contributed by atoms with Gasteiger partial charge in [0, 0.05) is 17.1 Å². The number of para-hydroxylation sites is 1. The van der Waals surface area contributed by atoms with E-state index >= 15 is 0 Å². The Bertz CT molecular complexity index is 874. The summed E-state index contributed by atoms with van der Waals surface area (Å²) < 4.78 is 7.71. The van der Waals surface area contributed by atoms with Crippen molar-refractivity contribution in [3.05, 3.63) is 46.8 Å². The summed E-state index contributed by atoms with van der Waals surface area (Å²) in [7, 11) is 0. The fourth-order valence-corrected chi connectivity index (χ4v) is 3.61. The van der Waals surface area contributed by atoms with E-state index in [4.69, 9.17) is 4.74 Å². The topological polar surface area (TPSA) is 72.5 Å². The van der Waals surface area contributed by atoms with Gasteiger partial charge in [-0.3, -0.25) is 4.40 Å². The van der Waals surface area contributed by atoms with Crippen LogP contribution in [0.1, 0.15) is 22.5 Å². The van der Waals surface area contributed by atoms with Gasteiger partial charge in [-0.05, 0) is 44.9 Å². The molecule has 6 nitrogen and oxygen atoms in total. The lowest BCUT2D eigenvalue weighted by atomic mass is 10.1. The summed E-state index contributed by atoms with van der Waals surface area (Å²) in [5.74, 6) is 1.90. The van der Waals surface area contributed by atoms with Gasteiger partial charge in [0.2, 0.25) is 0 Å². The number of aliphatic hydroxyl groups is 1. The Labute approximate surface area is 151 Å². The summed E-state index contributed by atoms with van der Waals surface area (Å²) >= 11 is 1.45. The molecule has 7 heteroatoms. The van der Waals surface area contributed by atoms with Crippen molar-refractivity contribution in [3.8, 4) is 5.75 Å². The molecule has 0 spiro atoms. The van der Waals surface area contributed by atoms with E-state index in [1.165, 1.54) is 11.8 Å². The van der Waals surface area contributed by atoms with E-state index in [0.29, 0.717) is 11.5 Å². The molecule has 0 bridgehead atoms. The molecule has 2 heterocycles. The van der Waals surface area contributed by atoms with Crippen LogP contribution in [0.15, 0.2) is 29.4 Å². The minimum Gasteiger partial charge on any atom is -0.490 e. The van der Waals surface area contributed by atoms with Gasteiger partial charge in [-0.15, -0.1) is 10.2 Å². The quantitative estimate of drug-likeness (QED) is 0.683. The minimum absolute atomic E-state index is 0.242. The number of rotatable bonds is 6. The molecule has 0 radical (unpaired) electrons. The second-order valence-corrected chi connectivity index (χ2v) is 7.14. The predicted molar refractivity (Wildman–Crippen MR) is 98.4 cm³/mol. The standard InChI is InChI=1S/C18H22N4O2S/c1-11-6-5-7-12(2)16(11)24-9-15(23)10-25-18-21-20-17-19-13(3)8-14(4)22(17)18/h5-8,15,23H,9-10H2,1-4H3/t15-/m0/s1. The number of ether oxygens (including phenoxy) is 1. The largest absolute Gasteiger partial charge is 0.490 e. The van der Waals surface area contributed by atoms with Crippen LogP contribution >= 0.6 is 11.8 Å². The van der Waals surface area contributed by atoms with Crippen LogP contribution in [0.3, 0.4) is 0 Å². The monoisotopic (exact) mass is 358 g/mol. The Morgan fingerprint density at radius 1 is 1.16 bits per heavy atom. The number of aryl methyl sites for hydroxylation is 4. The van der Waals surface area contributed by atoms with Crippen LogP contribution in [-0.2, 0) is 0 Å². The maximum absolute atomic E-state index is 10.3. The Balaban J connectivity index is 1.62. The van der Waals surface area contributed by atoms with Crippen molar-refractivity contribution in [2.75, 3.05) is 12.4 Å². The molecule has 3 aromatic rings. The number of hydrogen-bond acceptors (Lipinski definition) is 6. The zero-order chi connectivity index (χ0) is 18.0. The molecule has 0 aliphatic rings. The first kappa shape index (κ1) is 17.7. The van der Waals surface area contributed by atoms with E-state index in [2.05, 4.69) is 15.2 Å². The fraction of sp³-hybridized carbons (Fsp3) is 0.389. The third-order valence-electron chi connectivity index (χ3n) is 3.90. The highest BCUT2D eigenvalue weighted by molar-refractivity contribution is 7.99. The minimum atomic E-state index is -0.602. The van der Waals surface area contributed by atoms with Gasteiger partial charge in [-0.1, -0.05) is 30.0 Å². The first-order valence-electron chi connectivity index (χ1n) is 8.15. The molecule has 0 amide bonds. The normalized spacial score (nSPS) is 12.5. The van der Waals surface area contributed by atoms with E-state index < -0.39 is 6.10 Å². The molecular weight excluding hydrogens is 336 g/mol. The molecule has 132 valence electrons. The molecule has 2 aromatic heterocycles. The smallest absolute Gasteiger partial charge is 0.256 e. The van der Waals surface area contributed by atoms with Crippen LogP contribution in [0.25, 0.3) is 5.78 Å². The summed E-state index contributed by atoms with van der Waals surface area (Å²) in [4.78, 5) is 4.37. The molecule has 0 aliphatic heterocycles. The number of aliphatic hydroxyl groups excluding tert-OH is 1. The van der Waals surface area contributed by atoms with Crippen LogP contribution in [-0.4, -0.2) is 43.2 Å². The SMILES string of the molecule is Cc1cc(C)n2c(SC[C@@H](O)COc3c(C)cccc3C)nnc2n1. The highest BCUT2D eigenvalue weighted by atomic mass is 32.2. The van der Waals surface area contributed by atoms with Crippen LogP contribution < -0.4 is 4.74 Å². The lowest BCUT2D eigenvalue weighted by molar-refractivity contribution is 0.125. The summed E-state index contributed by atoms with van der Waals surface area (Å²) in [6, 6.07) is 7.99. The van der Waals surface area contributed by atoms with E-state index in [-0.39, 0.29) is 6.61 Å². The first-order chi connectivity index (χ1) is 12.0. The van der Waals surface area contributed by atoms with Crippen molar-refractivity contribution in [1.29, 1.82) is 0 Å². The van der Waals surface area contributed by atoms with Gasteiger partial charge in [-0.2, -0.15) is 0 Å². The van der Waals surface area contributed by atoms with Gasteiger partial charge in [0.05, 0.1) is 6.10 Å². The average Bonchev–Trinajstić information content (AvgIpc) is 2.95. The van der Waals surface area contributed by atoms with E-state index in [1.807, 2.05) is 56.4 Å². The van der Waals surface area contributed by atoms with Crippen molar-refractivity contribution in [2.24, 2.45) is 0 Å². The van der Waals surface area contributed by atoms with E-state index in [1.54, 1.807) is 0 Å². The first-order valence-corrected chi connectivity index (χ1v) is 9.13. The third kappa shape index (κ3) is 3.93. The number of aromatic nitrogens is 4. The van der Waals surface area contributed by atoms with Gasteiger partial charge in [0.15, 0.2) is 5.16 Å². The maximum atomic E-state index is 10.3. The number of benzene rings is 1. The molecule has 3 rings (SSSR count). The lowest BCUT2D eigenvalue weighted by Crippen LogP contribution is -2.21. The second kappa shape index (κ2) is 7.41. The van der Waals surface area contributed by atoms with Gasteiger partial charge >= 0.3 is 0 Å². The predicted octanol–water partition coefficient (Wildman–Crippen LogP) is 2.89. The van der Waals surface area contributed by atoms with Crippen molar-refractivity contribution in [3.63, 3.8) is 0 Å². The van der Waals surface area contributed by atoms with Gasteiger partial charge < -0.3 is 9.84 Å². The molecule has 25 heavy (non-hydrogen) atoms. The van der Waals surface area contributed by atoms with Crippen LogP contribution in [0.5, 0.6) is 5.75 Å². The van der Waals surface area contributed by atoms with Crippen molar-refractivity contribution in [2.45, 2.75) is 39.0 Å². The maximum Gasteiger partial charge on any atom is 0.256 e. The van der Waals surface area contributed by atoms with Crippen LogP contribution in [0.2, 0.25) is 0 Å². The molecule has 0 aliphatic carbocycles. The summed E-state index contributed by atoms with van der Waals surface area (Å²) in [6.45, 7) is 8.18. The van der Waals surface area contributed by atoms with Crippen molar-refractivity contribution in [1.82, 2.24) is 19.6 Å². The molecule has 0 saturated heterocycles. The van der Waals surface area contributed by atoms with Crippen LogP contribution in [0, 0.1) is 27.7 Å². The van der Waals surface area contributed by atoms with Gasteiger partial charge in [-0.25, -0.2) is 4.98 Å². The zero-order valence-corrected chi connectivity index (χ0v) is 15.7. The Hall–Kier alpha value is -2.12. The van der Waals surface area contributed by atoms with Crippen LogP contribution in [0.4, 0.5) is 0 Å². The number of fused-ring (bicyclic) bond motifs is 1. The van der Waals surface area contributed by atoms with Crippen molar-refractivity contribution < 1.29 is 9.84 Å². The average molecular weight is 358 g/mol. The third-order valence-corrected chi connectivity index (χ3v) is 4.97. The molecule has 0 unspecified atom stereocenters. The highest BCUT2D eigenvalue weighted by Gasteiger charge is 2.14. The zero-order valence-electron chi connectivity index (χ0n) is 14.9. The molecular formula is C18H22N4O2S. The summed E-state index contributed by atoms with van der Waals surface area (Å²) in [5, 5.41) is 19.3. The molecule has 0 saturated carbocycles. The number of thioether (sulfide) groups is 1. The Kier molecular flexibility index (Phi) is 5.24.